The van der Waals surface area contributed by atoms with E-state index >= 15 is 0 Å². The third kappa shape index (κ3) is 1.19. The number of ether oxygens (including phenoxy) is 1. The van der Waals surface area contributed by atoms with E-state index in [0.717, 1.165) is 17.8 Å². The predicted molar refractivity (Wildman–Crippen MR) is 75.6 cm³/mol. The van der Waals surface area contributed by atoms with Gasteiger partial charge in [0.1, 0.15) is 11.4 Å². The summed E-state index contributed by atoms with van der Waals surface area (Å²) in [5, 5.41) is 0. The number of rotatable bonds is 0. The third-order valence-corrected chi connectivity index (χ3v) is 7.48. The molecule has 1 heterocycles. The quantitative estimate of drug-likeness (QED) is 0.605. The largest absolute Gasteiger partial charge is 0.487 e. The first-order valence-corrected chi connectivity index (χ1v) is 8.65. The predicted octanol–water partition coefficient (Wildman–Crippen LogP) is 4.82. The molecule has 3 fully saturated rings. The second kappa shape index (κ2) is 3.40. The molecule has 0 aromatic carbocycles. The van der Waals surface area contributed by atoms with E-state index in [1.807, 2.05) is 5.57 Å². The summed E-state index contributed by atoms with van der Waals surface area (Å²) >= 11 is 0. The summed E-state index contributed by atoms with van der Waals surface area (Å²) in [4.78, 5) is 0. The molecule has 0 aromatic rings. The van der Waals surface area contributed by atoms with Gasteiger partial charge in [0.15, 0.2) is 0 Å². The Hall–Kier alpha value is -0.460. The van der Waals surface area contributed by atoms with Crippen LogP contribution < -0.4 is 0 Å². The molecule has 1 nitrogen and oxygen atoms in total. The molecule has 0 saturated heterocycles. The van der Waals surface area contributed by atoms with Crippen molar-refractivity contribution in [2.24, 2.45) is 23.2 Å². The van der Waals surface area contributed by atoms with Gasteiger partial charge < -0.3 is 4.74 Å². The van der Waals surface area contributed by atoms with Crippen molar-refractivity contribution in [2.75, 3.05) is 0 Å². The highest BCUT2D eigenvalue weighted by atomic mass is 16.5. The Morgan fingerprint density at radius 1 is 1.00 bits per heavy atom. The van der Waals surface area contributed by atoms with Crippen molar-refractivity contribution >= 4 is 0 Å². The summed E-state index contributed by atoms with van der Waals surface area (Å²) < 4.78 is 6.56. The average molecular weight is 258 g/mol. The fourth-order valence-corrected chi connectivity index (χ4v) is 6.71. The van der Waals surface area contributed by atoms with E-state index in [0.29, 0.717) is 5.41 Å². The molecule has 1 unspecified atom stereocenters. The molecule has 104 valence electrons. The van der Waals surface area contributed by atoms with Gasteiger partial charge in [-0.05, 0) is 62.2 Å². The average Bonchev–Trinajstić information content (AvgIpc) is 2.78. The molecule has 3 saturated carbocycles. The Labute approximate surface area is 116 Å². The molecular weight excluding hydrogens is 232 g/mol. The Bertz CT molecular complexity index is 464. The second-order valence-electron chi connectivity index (χ2n) is 8.28. The van der Waals surface area contributed by atoms with Crippen LogP contribution in [0.4, 0.5) is 0 Å². The van der Waals surface area contributed by atoms with Gasteiger partial charge in [0, 0.05) is 17.9 Å². The van der Waals surface area contributed by atoms with E-state index in [1.165, 1.54) is 70.0 Å². The van der Waals surface area contributed by atoms with Crippen molar-refractivity contribution in [3.8, 4) is 0 Å². The van der Waals surface area contributed by atoms with Gasteiger partial charge in [0.25, 0.3) is 0 Å². The van der Waals surface area contributed by atoms with Crippen LogP contribution in [0.25, 0.3) is 0 Å². The SMILES string of the molecule is C[C@@]12CCC[C@H]1[C@@H]1CCC3CCCC[C@]34OC(=C14)C2. The van der Waals surface area contributed by atoms with Crippen LogP contribution in [-0.2, 0) is 4.74 Å². The van der Waals surface area contributed by atoms with Crippen molar-refractivity contribution in [3.05, 3.63) is 11.3 Å². The van der Waals surface area contributed by atoms with Crippen LogP contribution in [-0.4, -0.2) is 5.60 Å². The van der Waals surface area contributed by atoms with E-state index in [-0.39, 0.29) is 5.60 Å². The summed E-state index contributed by atoms with van der Waals surface area (Å²) in [6.07, 6.45) is 14.3. The van der Waals surface area contributed by atoms with Crippen molar-refractivity contribution in [1.82, 2.24) is 0 Å². The zero-order chi connectivity index (χ0) is 12.7. The van der Waals surface area contributed by atoms with Gasteiger partial charge in [-0.25, -0.2) is 0 Å². The number of fused-ring (bicyclic) bond motifs is 2. The first kappa shape index (κ1) is 11.2. The minimum Gasteiger partial charge on any atom is -0.487 e. The van der Waals surface area contributed by atoms with Gasteiger partial charge >= 0.3 is 0 Å². The second-order valence-corrected chi connectivity index (χ2v) is 8.28. The zero-order valence-corrected chi connectivity index (χ0v) is 12.2. The normalized spacial score (nSPS) is 54.7. The molecule has 0 bridgehead atoms. The molecule has 5 atom stereocenters. The van der Waals surface area contributed by atoms with Crippen LogP contribution in [0, 0.1) is 23.2 Å². The molecule has 19 heavy (non-hydrogen) atoms. The van der Waals surface area contributed by atoms with Crippen LogP contribution in [0.2, 0.25) is 0 Å². The summed E-state index contributed by atoms with van der Waals surface area (Å²) in [6, 6.07) is 0. The Kier molecular flexibility index (Phi) is 2.01. The molecule has 1 heteroatoms. The molecule has 0 amide bonds. The minimum absolute atomic E-state index is 0.264. The summed E-state index contributed by atoms with van der Waals surface area (Å²) in [5.41, 5.74) is 2.71. The van der Waals surface area contributed by atoms with Gasteiger partial charge in [-0.15, -0.1) is 0 Å². The van der Waals surface area contributed by atoms with Gasteiger partial charge in [-0.2, -0.15) is 0 Å². The van der Waals surface area contributed by atoms with E-state index in [4.69, 9.17) is 4.74 Å². The Morgan fingerprint density at radius 2 is 1.95 bits per heavy atom. The highest BCUT2D eigenvalue weighted by molar-refractivity contribution is 5.40. The molecule has 1 spiro atoms. The monoisotopic (exact) mass is 258 g/mol. The maximum absolute atomic E-state index is 6.56. The van der Waals surface area contributed by atoms with E-state index in [9.17, 15) is 0 Å². The van der Waals surface area contributed by atoms with Crippen molar-refractivity contribution in [3.63, 3.8) is 0 Å². The summed E-state index contributed by atoms with van der Waals surface area (Å²) in [6.45, 7) is 2.55. The maximum atomic E-state index is 6.56. The van der Waals surface area contributed by atoms with Crippen molar-refractivity contribution < 1.29 is 4.74 Å². The molecule has 4 aliphatic carbocycles. The fourth-order valence-electron chi connectivity index (χ4n) is 6.71. The first-order chi connectivity index (χ1) is 9.23. The van der Waals surface area contributed by atoms with Gasteiger partial charge in [-0.1, -0.05) is 19.8 Å². The molecule has 0 N–H and O–H groups in total. The number of hydrogen-bond donors (Lipinski definition) is 0. The number of hydrogen-bond acceptors (Lipinski definition) is 1. The zero-order valence-electron chi connectivity index (χ0n) is 12.2. The molecule has 5 rings (SSSR count). The van der Waals surface area contributed by atoms with Crippen LogP contribution >= 0.6 is 0 Å². The smallest absolute Gasteiger partial charge is 0.136 e. The highest BCUT2D eigenvalue weighted by Gasteiger charge is 2.64. The van der Waals surface area contributed by atoms with Crippen LogP contribution in [0.5, 0.6) is 0 Å². The Morgan fingerprint density at radius 3 is 2.89 bits per heavy atom. The van der Waals surface area contributed by atoms with E-state index in [1.54, 1.807) is 0 Å². The van der Waals surface area contributed by atoms with E-state index in [2.05, 4.69) is 6.92 Å². The lowest BCUT2D eigenvalue weighted by molar-refractivity contribution is -0.149. The molecule has 5 aliphatic rings. The summed E-state index contributed by atoms with van der Waals surface area (Å²) in [7, 11) is 0. The minimum atomic E-state index is 0.264. The molecule has 1 aliphatic heterocycles. The van der Waals surface area contributed by atoms with Crippen LogP contribution in [0.3, 0.4) is 0 Å². The van der Waals surface area contributed by atoms with Crippen molar-refractivity contribution in [2.45, 2.75) is 76.7 Å². The maximum Gasteiger partial charge on any atom is 0.136 e. The van der Waals surface area contributed by atoms with Crippen molar-refractivity contribution in [1.29, 1.82) is 0 Å². The standard InChI is InChI=1S/C18H26O/c1-17-9-4-6-14(17)13-8-7-12-5-2-3-10-18(12)16(13)15(11-17)19-18/h12-14H,2-11H2,1H3/t12?,13-,14-,17-,18-/m0/s1. The number of allylic oxidation sites excluding steroid dienone is 1. The molecule has 0 aromatic heterocycles. The lowest BCUT2D eigenvalue weighted by Gasteiger charge is -2.63. The highest BCUT2D eigenvalue weighted by Crippen LogP contribution is 2.68. The topological polar surface area (TPSA) is 9.23 Å². The lowest BCUT2D eigenvalue weighted by Crippen LogP contribution is -2.60. The first-order valence-electron chi connectivity index (χ1n) is 8.65. The van der Waals surface area contributed by atoms with E-state index < -0.39 is 0 Å². The Balaban J connectivity index is 1.60. The summed E-state index contributed by atoms with van der Waals surface area (Å²) in [5.74, 6) is 4.26. The van der Waals surface area contributed by atoms with Crippen LogP contribution in [0.15, 0.2) is 11.3 Å². The fraction of sp³-hybridized carbons (Fsp3) is 0.889. The van der Waals surface area contributed by atoms with Gasteiger partial charge in [-0.3, -0.25) is 0 Å². The lowest BCUT2D eigenvalue weighted by atomic mass is 9.50. The van der Waals surface area contributed by atoms with Gasteiger partial charge in [0.05, 0.1) is 0 Å². The third-order valence-electron chi connectivity index (χ3n) is 7.48. The molecule has 0 radical (unpaired) electrons. The van der Waals surface area contributed by atoms with Gasteiger partial charge in [0.2, 0.25) is 0 Å². The molecular formula is C18H26O. The van der Waals surface area contributed by atoms with Crippen LogP contribution in [0.1, 0.15) is 71.1 Å².